The average molecular weight is 273 g/mol. The summed E-state index contributed by atoms with van der Waals surface area (Å²) in [6.07, 6.45) is 8.58. The summed E-state index contributed by atoms with van der Waals surface area (Å²) in [5.41, 5.74) is 0. The summed E-state index contributed by atoms with van der Waals surface area (Å²) in [6, 6.07) is 0.564. The van der Waals surface area contributed by atoms with Gasteiger partial charge in [-0.15, -0.1) is 0 Å². The first-order valence-electron chi connectivity index (χ1n) is 7.58. The SMILES string of the molecule is CCNC1CCCC1CCS(=O)(=O)C1CCCC1. The van der Waals surface area contributed by atoms with Gasteiger partial charge in [0.25, 0.3) is 0 Å². The minimum atomic E-state index is -2.81. The summed E-state index contributed by atoms with van der Waals surface area (Å²) in [5.74, 6) is 1.01. The van der Waals surface area contributed by atoms with Crippen LogP contribution in [0.15, 0.2) is 0 Å². The molecule has 3 nitrogen and oxygen atoms in total. The fourth-order valence-electron chi connectivity index (χ4n) is 3.64. The number of sulfone groups is 1. The van der Waals surface area contributed by atoms with E-state index in [1.54, 1.807) is 0 Å². The molecule has 2 aliphatic rings. The molecule has 0 aromatic carbocycles. The predicted octanol–water partition coefficient (Wildman–Crippen LogP) is 2.51. The van der Waals surface area contributed by atoms with Gasteiger partial charge in [-0.1, -0.05) is 26.2 Å². The highest BCUT2D eigenvalue weighted by atomic mass is 32.2. The van der Waals surface area contributed by atoms with Gasteiger partial charge in [-0.2, -0.15) is 0 Å². The predicted molar refractivity (Wildman–Crippen MR) is 75.5 cm³/mol. The van der Waals surface area contributed by atoms with Crippen LogP contribution in [-0.2, 0) is 9.84 Å². The van der Waals surface area contributed by atoms with Gasteiger partial charge in [0.15, 0.2) is 9.84 Å². The van der Waals surface area contributed by atoms with Gasteiger partial charge >= 0.3 is 0 Å². The molecule has 0 bridgehead atoms. The van der Waals surface area contributed by atoms with Gasteiger partial charge in [-0.25, -0.2) is 8.42 Å². The van der Waals surface area contributed by atoms with Crippen LogP contribution in [0.4, 0.5) is 0 Å². The van der Waals surface area contributed by atoms with E-state index in [0.29, 0.717) is 17.7 Å². The maximum atomic E-state index is 12.2. The summed E-state index contributed by atoms with van der Waals surface area (Å²) in [6.45, 7) is 3.13. The van der Waals surface area contributed by atoms with E-state index in [9.17, 15) is 8.42 Å². The molecule has 2 atom stereocenters. The van der Waals surface area contributed by atoms with Crippen molar-refractivity contribution in [3.05, 3.63) is 0 Å². The van der Waals surface area contributed by atoms with Crippen LogP contribution >= 0.6 is 0 Å². The van der Waals surface area contributed by atoms with Crippen molar-refractivity contribution in [3.63, 3.8) is 0 Å². The molecule has 4 heteroatoms. The zero-order valence-corrected chi connectivity index (χ0v) is 12.3. The summed E-state index contributed by atoms with van der Waals surface area (Å²) < 4.78 is 24.5. The monoisotopic (exact) mass is 273 g/mol. The van der Waals surface area contributed by atoms with Gasteiger partial charge < -0.3 is 5.32 Å². The van der Waals surface area contributed by atoms with Crippen LogP contribution in [0.2, 0.25) is 0 Å². The standard InChI is InChI=1S/C14H27NO2S/c1-2-15-14-9-5-6-12(14)10-11-18(16,17)13-7-3-4-8-13/h12-15H,2-11H2,1H3. The zero-order chi connectivity index (χ0) is 13.0. The Morgan fingerprint density at radius 1 is 1.06 bits per heavy atom. The molecule has 0 heterocycles. The lowest BCUT2D eigenvalue weighted by Gasteiger charge is -2.21. The largest absolute Gasteiger partial charge is 0.314 e. The molecular formula is C14H27NO2S. The summed E-state index contributed by atoms with van der Waals surface area (Å²) >= 11 is 0. The van der Waals surface area contributed by atoms with E-state index in [1.807, 2.05) is 0 Å². The number of nitrogens with one attached hydrogen (secondary N) is 1. The number of hydrogen-bond acceptors (Lipinski definition) is 3. The second-order valence-corrected chi connectivity index (χ2v) is 8.32. The molecule has 0 radical (unpaired) electrons. The van der Waals surface area contributed by atoms with E-state index in [4.69, 9.17) is 0 Å². The topological polar surface area (TPSA) is 46.2 Å². The van der Waals surface area contributed by atoms with Gasteiger partial charge in [0.1, 0.15) is 0 Å². The Bertz CT molecular complexity index is 347. The second-order valence-electron chi connectivity index (χ2n) is 5.92. The Morgan fingerprint density at radius 3 is 2.44 bits per heavy atom. The Hall–Kier alpha value is -0.0900. The van der Waals surface area contributed by atoms with Crippen LogP contribution in [0.5, 0.6) is 0 Å². The van der Waals surface area contributed by atoms with Gasteiger partial charge in [-0.3, -0.25) is 0 Å². The molecule has 0 spiro atoms. The lowest BCUT2D eigenvalue weighted by molar-refractivity contribution is 0.397. The van der Waals surface area contributed by atoms with Crippen LogP contribution < -0.4 is 5.32 Å². The van der Waals surface area contributed by atoms with Crippen molar-refractivity contribution >= 4 is 9.84 Å². The average Bonchev–Trinajstić information content (AvgIpc) is 2.98. The van der Waals surface area contributed by atoms with E-state index in [-0.39, 0.29) is 5.25 Å². The minimum Gasteiger partial charge on any atom is -0.314 e. The third-order valence-electron chi connectivity index (χ3n) is 4.71. The highest BCUT2D eigenvalue weighted by molar-refractivity contribution is 7.92. The van der Waals surface area contributed by atoms with E-state index in [1.165, 1.54) is 19.3 Å². The fourth-order valence-corrected chi connectivity index (χ4v) is 5.66. The van der Waals surface area contributed by atoms with E-state index >= 15 is 0 Å². The first-order chi connectivity index (χ1) is 8.63. The molecule has 0 aliphatic heterocycles. The van der Waals surface area contributed by atoms with Crippen LogP contribution in [0, 0.1) is 5.92 Å². The van der Waals surface area contributed by atoms with Crippen LogP contribution in [0.25, 0.3) is 0 Å². The van der Waals surface area contributed by atoms with Crippen molar-refractivity contribution in [2.24, 2.45) is 5.92 Å². The molecule has 1 N–H and O–H groups in total. The fraction of sp³-hybridized carbons (Fsp3) is 1.00. The van der Waals surface area contributed by atoms with Gasteiger partial charge in [0, 0.05) is 6.04 Å². The van der Waals surface area contributed by atoms with E-state index < -0.39 is 9.84 Å². The highest BCUT2D eigenvalue weighted by Gasteiger charge is 2.32. The third-order valence-corrected chi connectivity index (χ3v) is 7.00. The first kappa shape index (κ1) is 14.3. The third kappa shape index (κ3) is 3.47. The second kappa shape index (κ2) is 6.38. The minimum absolute atomic E-state index is 0.0171. The van der Waals surface area contributed by atoms with Crippen molar-refractivity contribution < 1.29 is 8.42 Å². The van der Waals surface area contributed by atoms with E-state index in [2.05, 4.69) is 12.2 Å². The molecule has 2 saturated carbocycles. The lowest BCUT2D eigenvalue weighted by atomic mass is 10.0. The molecular weight excluding hydrogens is 246 g/mol. The summed E-state index contributed by atoms with van der Waals surface area (Å²) in [4.78, 5) is 0. The molecule has 2 fully saturated rings. The Balaban J connectivity index is 1.83. The van der Waals surface area contributed by atoms with Gasteiger partial charge in [0.05, 0.1) is 11.0 Å². The van der Waals surface area contributed by atoms with Crippen molar-refractivity contribution in [1.82, 2.24) is 5.32 Å². The molecule has 0 aromatic rings. The molecule has 2 aliphatic carbocycles. The molecule has 0 aromatic heterocycles. The van der Waals surface area contributed by atoms with Crippen molar-refractivity contribution in [2.75, 3.05) is 12.3 Å². The molecule has 0 amide bonds. The van der Waals surface area contributed by atoms with Gasteiger partial charge in [0.2, 0.25) is 0 Å². The van der Waals surface area contributed by atoms with Crippen molar-refractivity contribution in [1.29, 1.82) is 0 Å². The first-order valence-corrected chi connectivity index (χ1v) is 9.30. The molecule has 18 heavy (non-hydrogen) atoms. The Kier molecular flexibility index (Phi) is 5.07. The smallest absolute Gasteiger partial charge is 0.153 e. The molecule has 0 saturated heterocycles. The number of rotatable bonds is 6. The van der Waals surface area contributed by atoms with Crippen molar-refractivity contribution in [2.45, 2.75) is 69.6 Å². The maximum Gasteiger partial charge on any atom is 0.153 e. The summed E-state index contributed by atoms with van der Waals surface area (Å²) in [7, 11) is -2.81. The summed E-state index contributed by atoms with van der Waals surface area (Å²) in [5, 5.41) is 3.49. The molecule has 106 valence electrons. The normalized spacial score (nSPS) is 30.1. The Morgan fingerprint density at radius 2 is 1.78 bits per heavy atom. The quantitative estimate of drug-likeness (QED) is 0.809. The zero-order valence-electron chi connectivity index (χ0n) is 11.5. The maximum absolute atomic E-state index is 12.2. The van der Waals surface area contributed by atoms with Crippen LogP contribution in [-0.4, -0.2) is 32.0 Å². The highest BCUT2D eigenvalue weighted by Crippen LogP contribution is 2.31. The van der Waals surface area contributed by atoms with E-state index in [0.717, 1.165) is 38.6 Å². The lowest BCUT2D eigenvalue weighted by Crippen LogP contribution is -2.33. The number of hydrogen-bond donors (Lipinski definition) is 1. The van der Waals surface area contributed by atoms with Crippen LogP contribution in [0.3, 0.4) is 0 Å². The Labute approximate surface area is 112 Å². The molecule has 2 unspecified atom stereocenters. The van der Waals surface area contributed by atoms with Crippen molar-refractivity contribution in [3.8, 4) is 0 Å². The molecule has 2 rings (SSSR count). The van der Waals surface area contributed by atoms with Crippen LogP contribution in [0.1, 0.15) is 58.3 Å². The van der Waals surface area contributed by atoms with Gasteiger partial charge in [-0.05, 0) is 44.6 Å².